The number of fused-ring (bicyclic) bond motifs is 1. The first-order valence-electron chi connectivity index (χ1n) is 9.00. The molecule has 2 heterocycles. The van der Waals surface area contributed by atoms with Gasteiger partial charge in [0, 0.05) is 36.1 Å². The quantitative estimate of drug-likeness (QED) is 0.610. The molecule has 1 atom stereocenters. The number of likely N-dealkylation sites (tertiary alicyclic amines) is 1. The molecule has 3 rings (SSSR count). The van der Waals surface area contributed by atoms with Crippen LogP contribution in [0.1, 0.15) is 37.3 Å². The van der Waals surface area contributed by atoms with Crippen molar-refractivity contribution in [1.29, 1.82) is 0 Å². The largest absolute Gasteiger partial charge is 0.361 e. The van der Waals surface area contributed by atoms with Crippen molar-refractivity contribution in [3.63, 3.8) is 0 Å². The summed E-state index contributed by atoms with van der Waals surface area (Å²) >= 11 is 0. The third kappa shape index (κ3) is 4.05. The molecule has 1 saturated heterocycles. The lowest BCUT2D eigenvalue weighted by Gasteiger charge is -2.22. The first kappa shape index (κ1) is 18.0. The fraction of sp³-hybridized carbons (Fsp3) is 0.450. The number of hydrogen-bond acceptors (Lipinski definition) is 3. The molecule has 0 radical (unpaired) electrons. The summed E-state index contributed by atoms with van der Waals surface area (Å²) in [5.41, 5.74) is 3.50. The molecule has 0 amide bonds. The molecule has 4 nitrogen and oxygen atoms in total. The van der Waals surface area contributed by atoms with Crippen LogP contribution in [-0.2, 0) is 23.1 Å². The molecule has 0 unspecified atom stereocenters. The maximum Gasteiger partial charge on any atom is 0.213 e. The van der Waals surface area contributed by atoms with Crippen molar-refractivity contribution in [3.05, 3.63) is 48.2 Å². The van der Waals surface area contributed by atoms with Crippen LogP contribution in [0.25, 0.3) is 10.9 Å². The van der Waals surface area contributed by atoms with E-state index in [4.69, 9.17) is 0 Å². The number of H-pyrrole nitrogens is 1. The summed E-state index contributed by atoms with van der Waals surface area (Å²) in [7, 11) is -2.10. The highest BCUT2D eigenvalue weighted by atomic mass is 32.2. The van der Waals surface area contributed by atoms with E-state index in [0.29, 0.717) is 23.7 Å². The SMILES string of the molecule is C=CCN1CCC[C@@H]1Cc1c[nH]c2ccc(CC(CC)=S(=O)=O)cc12. The highest BCUT2D eigenvalue weighted by Crippen LogP contribution is 2.26. The van der Waals surface area contributed by atoms with Gasteiger partial charge < -0.3 is 4.98 Å². The zero-order chi connectivity index (χ0) is 17.8. The van der Waals surface area contributed by atoms with Gasteiger partial charge in [-0.15, -0.1) is 6.58 Å². The molecule has 1 aliphatic heterocycles. The summed E-state index contributed by atoms with van der Waals surface area (Å²) in [4.78, 5) is 6.42. The molecule has 5 heteroatoms. The monoisotopic (exact) mass is 358 g/mol. The minimum absolute atomic E-state index is 0.499. The maximum absolute atomic E-state index is 11.3. The van der Waals surface area contributed by atoms with E-state index in [0.717, 1.165) is 30.6 Å². The van der Waals surface area contributed by atoms with Crippen molar-refractivity contribution in [2.45, 2.75) is 45.1 Å². The van der Waals surface area contributed by atoms with Crippen molar-refractivity contribution >= 4 is 26.1 Å². The third-order valence-electron chi connectivity index (χ3n) is 5.18. The van der Waals surface area contributed by atoms with E-state index in [1.165, 1.54) is 23.8 Å². The summed E-state index contributed by atoms with van der Waals surface area (Å²) in [6.07, 6.45) is 8.65. The van der Waals surface area contributed by atoms with Gasteiger partial charge in [-0.05, 0) is 55.5 Å². The summed E-state index contributed by atoms with van der Waals surface area (Å²) in [6.45, 7) is 7.85. The summed E-state index contributed by atoms with van der Waals surface area (Å²) in [5.74, 6) is 0. The lowest BCUT2D eigenvalue weighted by molar-refractivity contribution is 0.280. The zero-order valence-corrected chi connectivity index (χ0v) is 15.6. The van der Waals surface area contributed by atoms with Gasteiger partial charge in [-0.3, -0.25) is 4.90 Å². The van der Waals surface area contributed by atoms with E-state index in [1.54, 1.807) is 0 Å². The fourth-order valence-corrected chi connectivity index (χ4v) is 4.34. The highest BCUT2D eigenvalue weighted by Gasteiger charge is 2.24. The van der Waals surface area contributed by atoms with Crippen LogP contribution >= 0.6 is 0 Å². The zero-order valence-electron chi connectivity index (χ0n) is 14.8. The van der Waals surface area contributed by atoms with E-state index in [2.05, 4.69) is 34.8 Å². The van der Waals surface area contributed by atoms with Crippen molar-refractivity contribution in [1.82, 2.24) is 9.88 Å². The average molecular weight is 359 g/mol. The van der Waals surface area contributed by atoms with Crippen LogP contribution in [0.4, 0.5) is 0 Å². The van der Waals surface area contributed by atoms with Gasteiger partial charge >= 0.3 is 0 Å². The minimum Gasteiger partial charge on any atom is -0.361 e. The van der Waals surface area contributed by atoms with Gasteiger partial charge in [0.05, 0.1) is 4.86 Å². The number of hydrogen-bond donors (Lipinski definition) is 1. The van der Waals surface area contributed by atoms with Crippen molar-refractivity contribution in [2.75, 3.05) is 13.1 Å². The number of rotatable bonds is 7. The normalized spacial score (nSPS) is 17.9. The molecular weight excluding hydrogens is 332 g/mol. The van der Waals surface area contributed by atoms with Crippen LogP contribution in [0.15, 0.2) is 37.1 Å². The third-order valence-corrected chi connectivity index (χ3v) is 6.09. The molecule has 25 heavy (non-hydrogen) atoms. The molecule has 134 valence electrons. The van der Waals surface area contributed by atoms with E-state index in [-0.39, 0.29) is 0 Å². The average Bonchev–Trinajstić information content (AvgIpc) is 3.20. The number of aromatic amines is 1. The molecule has 0 saturated carbocycles. The van der Waals surface area contributed by atoms with Crippen LogP contribution in [0.3, 0.4) is 0 Å². The van der Waals surface area contributed by atoms with Gasteiger partial charge in [-0.25, -0.2) is 0 Å². The van der Waals surface area contributed by atoms with Crippen molar-refractivity contribution in [2.24, 2.45) is 0 Å². The Balaban J connectivity index is 1.86. The Hall–Kier alpha value is -1.85. The Kier molecular flexibility index (Phi) is 5.76. The molecule has 0 bridgehead atoms. The summed E-state index contributed by atoms with van der Waals surface area (Å²) in [5, 5.41) is 1.22. The van der Waals surface area contributed by atoms with Crippen LogP contribution in [-0.4, -0.2) is 42.3 Å². The van der Waals surface area contributed by atoms with Gasteiger partial charge in [0.25, 0.3) is 0 Å². The predicted octanol–water partition coefficient (Wildman–Crippen LogP) is 3.36. The van der Waals surface area contributed by atoms with Crippen molar-refractivity contribution in [3.8, 4) is 0 Å². The Bertz CT molecular complexity index is 888. The van der Waals surface area contributed by atoms with Gasteiger partial charge in [0.2, 0.25) is 10.3 Å². The Morgan fingerprint density at radius 2 is 2.28 bits per heavy atom. The molecule has 1 fully saturated rings. The second-order valence-corrected chi connectivity index (χ2v) is 7.83. The molecular formula is C20H26N2O2S. The molecule has 0 aliphatic carbocycles. The number of nitrogens with one attached hydrogen (secondary N) is 1. The van der Waals surface area contributed by atoms with Crippen LogP contribution in [0.2, 0.25) is 0 Å². The maximum atomic E-state index is 11.3. The Morgan fingerprint density at radius 1 is 1.44 bits per heavy atom. The molecule has 0 spiro atoms. The fourth-order valence-electron chi connectivity index (χ4n) is 3.82. The van der Waals surface area contributed by atoms with Crippen LogP contribution in [0, 0.1) is 0 Å². The summed E-state index contributed by atoms with van der Waals surface area (Å²) in [6, 6.07) is 6.79. The number of aromatic nitrogens is 1. The topological polar surface area (TPSA) is 53.2 Å². The van der Waals surface area contributed by atoms with Gasteiger partial charge in [0.15, 0.2) is 0 Å². The number of nitrogens with zero attached hydrogens (tertiary/aromatic N) is 1. The lowest BCUT2D eigenvalue weighted by Crippen LogP contribution is -2.31. The Morgan fingerprint density at radius 3 is 3.00 bits per heavy atom. The molecule has 1 aromatic heterocycles. The molecule has 1 aliphatic rings. The molecule has 2 aromatic rings. The van der Waals surface area contributed by atoms with Crippen molar-refractivity contribution < 1.29 is 8.42 Å². The van der Waals surface area contributed by atoms with Crippen LogP contribution < -0.4 is 0 Å². The van der Waals surface area contributed by atoms with E-state index in [1.807, 2.05) is 19.1 Å². The highest BCUT2D eigenvalue weighted by molar-refractivity contribution is 7.73. The first-order valence-corrected chi connectivity index (χ1v) is 10.1. The standard InChI is InChI=1S/C20H26N2O2S/c1-3-9-22-10-5-6-17(22)13-16-14-21-20-8-7-15(12-19(16)20)11-18(4-2)25(23)24/h3,7-8,12,14,17,21H,1,4-6,9-11,13H2,2H3/t17-/m1/s1. The second kappa shape index (κ2) is 8.02. The van der Waals surface area contributed by atoms with Gasteiger partial charge in [0.1, 0.15) is 0 Å². The van der Waals surface area contributed by atoms with Gasteiger partial charge in [-0.1, -0.05) is 19.1 Å². The van der Waals surface area contributed by atoms with E-state index in [9.17, 15) is 8.42 Å². The second-order valence-electron chi connectivity index (χ2n) is 6.78. The lowest BCUT2D eigenvalue weighted by atomic mass is 10.0. The molecule has 1 aromatic carbocycles. The predicted molar refractivity (Wildman–Crippen MR) is 105 cm³/mol. The smallest absolute Gasteiger partial charge is 0.213 e. The Labute approximate surface area is 151 Å². The summed E-state index contributed by atoms with van der Waals surface area (Å²) < 4.78 is 22.6. The first-order chi connectivity index (χ1) is 12.1. The van der Waals surface area contributed by atoms with Crippen LogP contribution in [0.5, 0.6) is 0 Å². The van der Waals surface area contributed by atoms with E-state index >= 15 is 0 Å². The molecule has 1 N–H and O–H groups in total. The van der Waals surface area contributed by atoms with Gasteiger partial charge in [-0.2, -0.15) is 8.42 Å². The minimum atomic E-state index is -2.10. The number of benzene rings is 1. The van der Waals surface area contributed by atoms with E-state index < -0.39 is 10.3 Å².